The quantitative estimate of drug-likeness (QED) is 0.146. The van der Waals surface area contributed by atoms with Crippen molar-refractivity contribution in [3.05, 3.63) is 35.0 Å². The zero-order valence-corrected chi connectivity index (χ0v) is 23.6. The summed E-state index contributed by atoms with van der Waals surface area (Å²) in [5.74, 6) is -2.11. The molecule has 3 N–H and O–H groups in total. The summed E-state index contributed by atoms with van der Waals surface area (Å²) < 4.78 is 8.60. The molecule has 1 unspecified atom stereocenters. The Bertz CT molecular complexity index is 651. The van der Waals surface area contributed by atoms with Crippen molar-refractivity contribution >= 4 is 36.9 Å². The SMILES string of the molecule is C=C[C@H](C)[C@H](/C(C)=C/I)C(C(=O)O)[C@@H](CC[C@@](C)(O)[C@@H](O)C=C)O[Si](C)(C)C(C)(C)C. The molecule has 31 heavy (non-hydrogen) atoms. The van der Waals surface area contributed by atoms with E-state index in [1.54, 1.807) is 13.0 Å². The number of hydrogen-bond donors (Lipinski definition) is 3. The highest BCUT2D eigenvalue weighted by atomic mass is 127. The lowest BCUT2D eigenvalue weighted by Gasteiger charge is -2.43. The summed E-state index contributed by atoms with van der Waals surface area (Å²) in [4.78, 5) is 12.6. The number of aliphatic carboxylic acids is 1. The summed E-state index contributed by atoms with van der Waals surface area (Å²) in [6, 6.07) is 0. The van der Waals surface area contributed by atoms with Crippen molar-refractivity contribution in [1.29, 1.82) is 0 Å². The van der Waals surface area contributed by atoms with Crippen LogP contribution in [0, 0.1) is 17.8 Å². The van der Waals surface area contributed by atoms with Crippen LogP contribution in [-0.2, 0) is 9.22 Å². The summed E-state index contributed by atoms with van der Waals surface area (Å²) in [6.07, 6.45) is 1.83. The molecule has 0 rings (SSSR count). The van der Waals surface area contributed by atoms with Crippen LogP contribution in [0.5, 0.6) is 0 Å². The van der Waals surface area contributed by atoms with Crippen LogP contribution >= 0.6 is 22.6 Å². The van der Waals surface area contributed by atoms with E-state index in [1.807, 2.05) is 17.9 Å². The van der Waals surface area contributed by atoms with Gasteiger partial charge in [0.15, 0.2) is 8.32 Å². The minimum atomic E-state index is -2.32. The molecule has 0 spiro atoms. The van der Waals surface area contributed by atoms with Gasteiger partial charge in [0, 0.05) is 5.92 Å². The Balaban J connectivity index is 6.40. The van der Waals surface area contributed by atoms with Crippen molar-refractivity contribution in [3.8, 4) is 0 Å². The van der Waals surface area contributed by atoms with E-state index >= 15 is 0 Å². The van der Waals surface area contributed by atoms with Gasteiger partial charge in [0.25, 0.3) is 0 Å². The first-order valence-corrected chi connectivity index (χ1v) is 14.9. The summed E-state index contributed by atoms with van der Waals surface area (Å²) >= 11 is 2.14. The molecule has 0 fully saturated rings. The highest BCUT2D eigenvalue weighted by Gasteiger charge is 2.46. The van der Waals surface area contributed by atoms with Crippen molar-refractivity contribution in [2.45, 2.75) is 90.3 Å². The standard InChI is InChI=1S/C24H43IO5Si/c1-11-16(3)20(17(4)15-25)21(22(27)28)18(30-31(9,10)23(5,6)7)13-14-24(8,29)19(26)12-2/h11-12,15-16,18-21,26,29H,1-2,13-14H2,3-10H3,(H,27,28)/b17-15+/t16-,18+,19-,20+,21?,24+/m0/s1. The van der Waals surface area contributed by atoms with Gasteiger partial charge >= 0.3 is 5.97 Å². The molecule has 6 atom stereocenters. The van der Waals surface area contributed by atoms with Gasteiger partial charge in [0.05, 0.1) is 17.6 Å². The maximum absolute atomic E-state index is 12.6. The van der Waals surface area contributed by atoms with Gasteiger partial charge < -0.3 is 19.7 Å². The van der Waals surface area contributed by atoms with Gasteiger partial charge in [-0.15, -0.1) is 13.2 Å². The second-order valence-electron chi connectivity index (χ2n) is 10.3. The van der Waals surface area contributed by atoms with E-state index in [-0.39, 0.29) is 23.3 Å². The Kier molecular flexibility index (Phi) is 11.9. The lowest BCUT2D eigenvalue weighted by atomic mass is 9.74. The van der Waals surface area contributed by atoms with Crippen molar-refractivity contribution < 1.29 is 24.5 Å². The third-order valence-corrected chi connectivity index (χ3v) is 12.2. The van der Waals surface area contributed by atoms with Crippen LogP contribution in [0.2, 0.25) is 18.1 Å². The Morgan fingerprint density at radius 3 is 2.03 bits per heavy atom. The minimum absolute atomic E-state index is 0.0723. The molecule has 0 saturated heterocycles. The van der Waals surface area contributed by atoms with E-state index in [0.717, 1.165) is 5.57 Å². The Morgan fingerprint density at radius 1 is 1.16 bits per heavy atom. The maximum Gasteiger partial charge on any atom is 0.309 e. The molecule has 0 bridgehead atoms. The van der Waals surface area contributed by atoms with Crippen molar-refractivity contribution in [2.75, 3.05) is 0 Å². The second-order valence-corrected chi connectivity index (χ2v) is 15.7. The second kappa shape index (κ2) is 12.1. The number of halogens is 1. The van der Waals surface area contributed by atoms with E-state index < -0.39 is 38.0 Å². The molecule has 7 heteroatoms. The maximum atomic E-state index is 12.6. The van der Waals surface area contributed by atoms with E-state index in [0.29, 0.717) is 6.42 Å². The molecular formula is C24H43IO5Si. The fourth-order valence-electron chi connectivity index (χ4n) is 3.49. The number of hydrogen-bond acceptors (Lipinski definition) is 4. The van der Waals surface area contributed by atoms with E-state index in [9.17, 15) is 20.1 Å². The predicted molar refractivity (Wildman–Crippen MR) is 140 cm³/mol. The van der Waals surface area contributed by atoms with E-state index in [4.69, 9.17) is 4.43 Å². The van der Waals surface area contributed by atoms with Crippen LogP contribution in [0.3, 0.4) is 0 Å². The molecule has 0 amide bonds. The minimum Gasteiger partial charge on any atom is -0.481 e. The largest absolute Gasteiger partial charge is 0.481 e. The smallest absolute Gasteiger partial charge is 0.309 e. The summed E-state index contributed by atoms with van der Waals surface area (Å²) in [7, 11) is -2.32. The van der Waals surface area contributed by atoms with Gasteiger partial charge in [-0.3, -0.25) is 4.79 Å². The lowest BCUT2D eigenvalue weighted by Crippen LogP contribution is -2.50. The molecule has 0 aliphatic carbocycles. The van der Waals surface area contributed by atoms with Crippen molar-refractivity contribution in [1.82, 2.24) is 0 Å². The first-order chi connectivity index (χ1) is 14.0. The van der Waals surface area contributed by atoms with Crippen LogP contribution in [0.15, 0.2) is 35.0 Å². The van der Waals surface area contributed by atoms with Crippen LogP contribution in [-0.4, -0.2) is 47.4 Å². The molecule has 0 saturated carbocycles. The zero-order valence-electron chi connectivity index (χ0n) is 20.5. The monoisotopic (exact) mass is 566 g/mol. The zero-order chi connectivity index (χ0) is 24.8. The van der Waals surface area contributed by atoms with Crippen LogP contribution in [0.1, 0.15) is 54.4 Å². The first-order valence-electron chi connectivity index (χ1n) is 10.8. The van der Waals surface area contributed by atoms with Gasteiger partial charge in [0.1, 0.15) is 6.10 Å². The number of carboxylic acid groups (broad SMARTS) is 1. The normalized spacial score (nSPS) is 20.2. The van der Waals surface area contributed by atoms with Crippen LogP contribution < -0.4 is 0 Å². The molecule has 0 aliphatic rings. The average Bonchev–Trinajstić information content (AvgIpc) is 2.66. The summed E-state index contributed by atoms with van der Waals surface area (Å²) in [5.41, 5.74) is -0.463. The Morgan fingerprint density at radius 2 is 1.68 bits per heavy atom. The molecule has 0 aromatic heterocycles. The predicted octanol–water partition coefficient (Wildman–Crippen LogP) is 5.93. The molecular weight excluding hydrogens is 523 g/mol. The van der Waals surface area contributed by atoms with Gasteiger partial charge in [-0.25, -0.2) is 0 Å². The molecule has 0 aliphatic heterocycles. The van der Waals surface area contributed by atoms with Gasteiger partial charge in [0.2, 0.25) is 0 Å². The van der Waals surface area contributed by atoms with Crippen LogP contribution in [0.25, 0.3) is 0 Å². The number of aliphatic hydroxyl groups is 2. The highest BCUT2D eigenvalue weighted by Crippen LogP contribution is 2.42. The highest BCUT2D eigenvalue weighted by molar-refractivity contribution is 14.1. The number of carbonyl (C=O) groups is 1. The Hall–Kier alpha value is -0.483. The number of allylic oxidation sites excluding steroid dienone is 2. The first kappa shape index (κ1) is 30.5. The number of aliphatic hydroxyl groups excluding tert-OH is 1. The van der Waals surface area contributed by atoms with Gasteiger partial charge in [-0.05, 0) is 54.8 Å². The molecule has 0 aromatic rings. The van der Waals surface area contributed by atoms with Gasteiger partial charge in [-0.1, -0.05) is 68.0 Å². The Labute approximate surface area is 203 Å². The van der Waals surface area contributed by atoms with E-state index in [1.165, 1.54) is 6.08 Å². The molecule has 0 aromatic carbocycles. The fourth-order valence-corrected chi connectivity index (χ4v) is 5.28. The van der Waals surface area contributed by atoms with E-state index in [2.05, 4.69) is 69.6 Å². The number of carboxylic acids is 1. The number of rotatable bonds is 13. The summed E-state index contributed by atoms with van der Waals surface area (Å²) in [5, 5.41) is 31.1. The third kappa shape index (κ3) is 8.42. The topological polar surface area (TPSA) is 87.0 Å². The lowest BCUT2D eigenvalue weighted by molar-refractivity contribution is -0.148. The molecule has 0 radical (unpaired) electrons. The fraction of sp³-hybridized carbons (Fsp3) is 0.708. The summed E-state index contributed by atoms with van der Waals surface area (Å²) in [6.45, 7) is 23.4. The molecule has 0 heterocycles. The molecule has 180 valence electrons. The molecule has 5 nitrogen and oxygen atoms in total. The van der Waals surface area contributed by atoms with Crippen molar-refractivity contribution in [2.24, 2.45) is 17.8 Å². The third-order valence-electron chi connectivity index (χ3n) is 6.76. The van der Waals surface area contributed by atoms with Crippen LogP contribution in [0.4, 0.5) is 0 Å². The van der Waals surface area contributed by atoms with Crippen molar-refractivity contribution in [3.63, 3.8) is 0 Å². The van der Waals surface area contributed by atoms with Gasteiger partial charge in [-0.2, -0.15) is 0 Å². The average molecular weight is 567 g/mol.